The Balaban J connectivity index is 2.87. The third-order valence-corrected chi connectivity index (χ3v) is 3.94. The highest BCUT2D eigenvalue weighted by molar-refractivity contribution is 5.84. The summed E-state index contributed by atoms with van der Waals surface area (Å²) >= 11 is 0. The van der Waals surface area contributed by atoms with Gasteiger partial charge in [0, 0.05) is 46.3 Å². The summed E-state index contributed by atoms with van der Waals surface area (Å²) in [5, 5.41) is 30.3. The minimum Gasteiger partial charge on any atom is -0.480 e. The van der Waals surface area contributed by atoms with Crippen LogP contribution in [0, 0.1) is 0 Å². The number of rotatable bonds is 6. The maximum atomic E-state index is 11.1. The monoisotopic (exact) mass is 373 g/mol. The van der Waals surface area contributed by atoms with Gasteiger partial charge in [-0.1, -0.05) is 0 Å². The molecule has 0 unspecified atom stereocenters. The third kappa shape index (κ3) is 9.30. The summed E-state index contributed by atoms with van der Waals surface area (Å²) in [5.41, 5.74) is 0. The fraction of sp³-hybridized carbons (Fsp3) is 0.733. The zero-order chi connectivity index (χ0) is 19.5. The summed E-state index contributed by atoms with van der Waals surface area (Å²) in [5.74, 6) is -2.29. The normalized spacial score (nSPS) is 20.7. The Morgan fingerprint density at radius 1 is 0.846 bits per heavy atom. The van der Waals surface area contributed by atoms with E-state index in [-0.39, 0.29) is 19.6 Å². The van der Waals surface area contributed by atoms with Gasteiger partial charge >= 0.3 is 17.9 Å². The number of aliphatic carboxylic acids is 3. The van der Waals surface area contributed by atoms with E-state index >= 15 is 0 Å². The molecule has 1 aliphatic heterocycles. The highest BCUT2D eigenvalue weighted by Gasteiger charge is 2.19. The first-order valence-electron chi connectivity index (χ1n) is 8.32. The molecule has 4 N–H and O–H groups in total. The molecule has 1 aliphatic rings. The Labute approximate surface area is 151 Å². The van der Waals surface area contributed by atoms with E-state index in [0.29, 0.717) is 51.6 Å². The van der Waals surface area contributed by atoms with Crippen molar-refractivity contribution < 1.29 is 29.7 Å². The van der Waals surface area contributed by atoms with Gasteiger partial charge in [-0.25, -0.2) is 0 Å². The molecule has 1 fully saturated rings. The largest absolute Gasteiger partial charge is 0.480 e. The fourth-order valence-corrected chi connectivity index (χ4v) is 2.67. The number of hydrogen-bond donors (Lipinski definition) is 4. The van der Waals surface area contributed by atoms with Crippen LogP contribution >= 0.6 is 0 Å². The molecule has 0 radical (unpaired) electrons. The van der Waals surface area contributed by atoms with E-state index in [1.807, 2.05) is 0 Å². The van der Waals surface area contributed by atoms with Gasteiger partial charge in [0.15, 0.2) is 0 Å². The maximum absolute atomic E-state index is 11.1. The van der Waals surface area contributed by atoms with Crippen LogP contribution in [0.25, 0.3) is 0 Å². The van der Waals surface area contributed by atoms with E-state index in [2.05, 4.69) is 10.3 Å². The zero-order valence-electron chi connectivity index (χ0n) is 14.9. The molecule has 11 nitrogen and oxygen atoms in total. The van der Waals surface area contributed by atoms with Crippen LogP contribution in [0.2, 0.25) is 0 Å². The summed E-state index contributed by atoms with van der Waals surface area (Å²) in [6, 6.07) is 0. The molecule has 1 heterocycles. The Morgan fingerprint density at radius 3 is 1.73 bits per heavy atom. The summed E-state index contributed by atoms with van der Waals surface area (Å²) in [6.45, 7) is 2.21. The third-order valence-electron chi connectivity index (χ3n) is 3.94. The molecule has 26 heavy (non-hydrogen) atoms. The molecular weight excluding hydrogens is 346 g/mol. The smallest absolute Gasteiger partial charge is 0.317 e. The molecule has 148 valence electrons. The van der Waals surface area contributed by atoms with Gasteiger partial charge in [-0.15, -0.1) is 0 Å². The SMILES string of the molecule is CN=C1CN(CC(=O)O)CCN(CC(=O)O)CCN(CC(=O)O)CCN1. The first-order valence-corrected chi connectivity index (χ1v) is 8.32. The standard InChI is InChI=1S/C15H27N5O6/c1-16-12-8-20(11-15(25)26)7-6-19(10-14(23)24)5-4-18(3-2-17-12)9-13(21)22/h2-11H2,1H3,(H,16,17)(H,21,22)(H,23,24)(H,25,26). The Bertz CT molecular complexity index is 527. The number of amidine groups is 1. The van der Waals surface area contributed by atoms with E-state index in [4.69, 9.17) is 15.3 Å². The lowest BCUT2D eigenvalue weighted by Gasteiger charge is -2.30. The molecule has 0 atom stereocenters. The number of hydrogen-bond acceptors (Lipinski definition) is 7. The van der Waals surface area contributed by atoms with Gasteiger partial charge in [0.1, 0.15) is 5.84 Å². The van der Waals surface area contributed by atoms with Crippen LogP contribution in [0.15, 0.2) is 4.99 Å². The highest BCUT2D eigenvalue weighted by atomic mass is 16.4. The zero-order valence-corrected chi connectivity index (χ0v) is 14.9. The predicted octanol–water partition coefficient (Wildman–Crippen LogP) is -2.22. The van der Waals surface area contributed by atoms with Crippen LogP contribution in [0.3, 0.4) is 0 Å². The highest BCUT2D eigenvalue weighted by Crippen LogP contribution is 1.98. The van der Waals surface area contributed by atoms with E-state index in [1.165, 1.54) is 0 Å². The lowest BCUT2D eigenvalue weighted by atomic mass is 10.3. The molecule has 0 aromatic rings. The molecule has 1 saturated heterocycles. The van der Waals surface area contributed by atoms with Crippen LogP contribution < -0.4 is 5.32 Å². The minimum atomic E-state index is -0.982. The maximum Gasteiger partial charge on any atom is 0.317 e. The van der Waals surface area contributed by atoms with Crippen molar-refractivity contribution in [3.8, 4) is 0 Å². The molecule has 0 bridgehead atoms. The molecule has 0 spiro atoms. The second-order valence-electron chi connectivity index (χ2n) is 6.04. The molecule has 0 aromatic carbocycles. The van der Waals surface area contributed by atoms with Gasteiger partial charge in [-0.2, -0.15) is 0 Å². The molecule has 0 aromatic heterocycles. The minimum absolute atomic E-state index is 0.133. The average molecular weight is 373 g/mol. The number of carboxylic acids is 3. The summed E-state index contributed by atoms with van der Waals surface area (Å²) in [4.78, 5) is 42.4. The molecule has 1 rings (SSSR count). The molecule has 11 heteroatoms. The second-order valence-corrected chi connectivity index (χ2v) is 6.04. The van der Waals surface area contributed by atoms with Crippen molar-refractivity contribution in [2.24, 2.45) is 4.99 Å². The number of aliphatic imine (C=N–C) groups is 1. The van der Waals surface area contributed by atoms with Crippen molar-refractivity contribution in [3.05, 3.63) is 0 Å². The summed E-state index contributed by atoms with van der Waals surface area (Å²) in [7, 11) is 1.60. The van der Waals surface area contributed by atoms with Crippen molar-refractivity contribution in [1.29, 1.82) is 0 Å². The number of nitrogens with one attached hydrogen (secondary N) is 1. The Hall–Kier alpha value is -2.24. The van der Waals surface area contributed by atoms with Crippen LogP contribution in [0.1, 0.15) is 0 Å². The Morgan fingerprint density at radius 2 is 1.27 bits per heavy atom. The van der Waals surface area contributed by atoms with Crippen LogP contribution in [0.5, 0.6) is 0 Å². The van der Waals surface area contributed by atoms with Crippen molar-refractivity contribution in [1.82, 2.24) is 20.0 Å². The van der Waals surface area contributed by atoms with Gasteiger partial charge in [0.2, 0.25) is 0 Å². The number of carboxylic acid groups (broad SMARTS) is 3. The van der Waals surface area contributed by atoms with Crippen molar-refractivity contribution in [2.45, 2.75) is 0 Å². The van der Waals surface area contributed by atoms with Crippen molar-refractivity contribution >= 4 is 23.7 Å². The number of carbonyl (C=O) groups is 3. The van der Waals surface area contributed by atoms with E-state index in [0.717, 1.165) is 0 Å². The summed E-state index contributed by atoms with van der Waals surface area (Å²) in [6.07, 6.45) is 0. The van der Waals surface area contributed by atoms with Gasteiger partial charge in [0.05, 0.1) is 26.2 Å². The van der Waals surface area contributed by atoms with E-state index < -0.39 is 17.9 Å². The molecule has 0 saturated carbocycles. The lowest BCUT2D eigenvalue weighted by Crippen LogP contribution is -2.49. The Kier molecular flexibility index (Phi) is 9.55. The molecular formula is C15H27N5O6. The summed E-state index contributed by atoms with van der Waals surface area (Å²) < 4.78 is 0. The molecule has 0 amide bonds. The van der Waals surface area contributed by atoms with Gasteiger partial charge < -0.3 is 20.6 Å². The first kappa shape index (κ1) is 21.8. The number of nitrogens with zero attached hydrogens (tertiary/aromatic N) is 4. The van der Waals surface area contributed by atoms with Crippen molar-refractivity contribution in [3.63, 3.8) is 0 Å². The second kappa shape index (κ2) is 11.4. The molecule has 0 aliphatic carbocycles. The van der Waals surface area contributed by atoms with E-state index in [9.17, 15) is 14.4 Å². The van der Waals surface area contributed by atoms with Gasteiger partial charge in [-0.05, 0) is 0 Å². The van der Waals surface area contributed by atoms with Crippen LogP contribution in [0.4, 0.5) is 0 Å². The van der Waals surface area contributed by atoms with Gasteiger partial charge in [0.25, 0.3) is 0 Å². The predicted molar refractivity (Wildman–Crippen MR) is 93.6 cm³/mol. The lowest BCUT2D eigenvalue weighted by molar-refractivity contribution is -0.140. The quantitative estimate of drug-likeness (QED) is 0.404. The average Bonchev–Trinajstić information content (AvgIpc) is 2.52. The van der Waals surface area contributed by atoms with Crippen LogP contribution in [-0.2, 0) is 14.4 Å². The van der Waals surface area contributed by atoms with Crippen molar-refractivity contribution in [2.75, 3.05) is 72.5 Å². The topological polar surface area (TPSA) is 146 Å². The van der Waals surface area contributed by atoms with Crippen LogP contribution in [-0.4, -0.2) is 126 Å². The first-order chi connectivity index (χ1) is 12.3. The fourth-order valence-electron chi connectivity index (χ4n) is 2.67. The van der Waals surface area contributed by atoms with E-state index in [1.54, 1.807) is 21.7 Å². The van der Waals surface area contributed by atoms with Gasteiger partial charge in [-0.3, -0.25) is 34.1 Å².